The Balaban J connectivity index is 2.53. The highest BCUT2D eigenvalue weighted by molar-refractivity contribution is 14.1. The second-order valence-electron chi connectivity index (χ2n) is 2.94. The minimum Gasteiger partial charge on any atom is -0.427 e. The lowest BCUT2D eigenvalue weighted by Gasteiger charge is -2.02. The monoisotopic (exact) mass is 301 g/mol. The highest BCUT2D eigenvalue weighted by atomic mass is 127. The Kier molecular flexibility index (Phi) is 2.45. The third kappa shape index (κ3) is 1.75. The van der Waals surface area contributed by atoms with Crippen molar-refractivity contribution in [3.8, 4) is 5.75 Å². The number of halogens is 1. The van der Waals surface area contributed by atoms with Gasteiger partial charge in [-0.2, -0.15) is 0 Å². The maximum absolute atomic E-state index is 10.8. The summed E-state index contributed by atoms with van der Waals surface area (Å²) < 4.78 is 6.08. The number of carbonyl (C=O) groups excluding carboxylic acids is 1. The van der Waals surface area contributed by atoms with Crippen LogP contribution in [0.15, 0.2) is 24.4 Å². The van der Waals surface area contributed by atoms with Crippen LogP contribution in [-0.2, 0) is 4.79 Å². The van der Waals surface area contributed by atoms with Crippen LogP contribution in [0.4, 0.5) is 0 Å². The molecule has 0 atom stereocenters. The summed E-state index contributed by atoms with van der Waals surface area (Å²) >= 11 is 2.22. The second kappa shape index (κ2) is 3.61. The van der Waals surface area contributed by atoms with Crippen LogP contribution in [0.3, 0.4) is 0 Å². The number of H-pyrrole nitrogens is 1. The fraction of sp³-hybridized carbons (Fsp3) is 0.100. The summed E-state index contributed by atoms with van der Waals surface area (Å²) in [7, 11) is 0. The lowest BCUT2D eigenvalue weighted by atomic mass is 10.2. The molecule has 0 saturated heterocycles. The van der Waals surface area contributed by atoms with Crippen LogP contribution in [0.2, 0.25) is 0 Å². The number of aromatic amines is 1. The summed E-state index contributed by atoms with van der Waals surface area (Å²) in [6.45, 7) is 1.39. The number of fused-ring (bicyclic) bond motifs is 1. The highest BCUT2D eigenvalue weighted by Crippen LogP contribution is 2.25. The predicted octanol–water partition coefficient (Wildman–Crippen LogP) is 2.70. The largest absolute Gasteiger partial charge is 0.427 e. The van der Waals surface area contributed by atoms with E-state index < -0.39 is 0 Å². The van der Waals surface area contributed by atoms with Crippen LogP contribution < -0.4 is 4.74 Å². The molecule has 0 amide bonds. The van der Waals surface area contributed by atoms with Crippen LogP contribution in [0.5, 0.6) is 5.75 Å². The first-order chi connectivity index (χ1) is 6.66. The van der Waals surface area contributed by atoms with Crippen molar-refractivity contribution in [1.82, 2.24) is 4.98 Å². The van der Waals surface area contributed by atoms with Crippen LogP contribution in [-0.4, -0.2) is 11.0 Å². The van der Waals surface area contributed by atoms with Crippen molar-refractivity contribution < 1.29 is 9.53 Å². The molecule has 4 heteroatoms. The molecule has 0 spiro atoms. The quantitative estimate of drug-likeness (QED) is 0.500. The summed E-state index contributed by atoms with van der Waals surface area (Å²) in [6.07, 6.45) is 1.87. The number of carbonyl (C=O) groups is 1. The van der Waals surface area contributed by atoms with Gasteiger partial charge in [-0.15, -0.1) is 0 Å². The minimum atomic E-state index is -0.299. The van der Waals surface area contributed by atoms with E-state index in [0.29, 0.717) is 5.75 Å². The third-order valence-electron chi connectivity index (χ3n) is 1.85. The van der Waals surface area contributed by atoms with E-state index in [4.69, 9.17) is 4.74 Å². The van der Waals surface area contributed by atoms with Gasteiger partial charge in [0.2, 0.25) is 0 Å². The number of benzene rings is 1. The lowest BCUT2D eigenvalue weighted by molar-refractivity contribution is -0.131. The molecule has 0 aliphatic rings. The molecule has 0 radical (unpaired) electrons. The number of nitrogens with one attached hydrogen (secondary N) is 1. The maximum atomic E-state index is 10.8. The number of hydrogen-bond acceptors (Lipinski definition) is 2. The number of esters is 1. The van der Waals surface area contributed by atoms with E-state index in [-0.39, 0.29) is 5.97 Å². The van der Waals surface area contributed by atoms with Crippen molar-refractivity contribution in [2.45, 2.75) is 6.92 Å². The molecule has 1 heterocycles. The molecule has 0 bridgehead atoms. The van der Waals surface area contributed by atoms with Crippen molar-refractivity contribution in [3.63, 3.8) is 0 Å². The average molecular weight is 301 g/mol. The van der Waals surface area contributed by atoms with Gasteiger partial charge < -0.3 is 9.72 Å². The first kappa shape index (κ1) is 9.51. The molecule has 1 aromatic heterocycles. The number of rotatable bonds is 1. The van der Waals surface area contributed by atoms with Crippen molar-refractivity contribution in [2.75, 3.05) is 0 Å². The first-order valence-electron chi connectivity index (χ1n) is 4.12. The van der Waals surface area contributed by atoms with Gasteiger partial charge in [-0.3, -0.25) is 4.79 Å². The summed E-state index contributed by atoms with van der Waals surface area (Å²) in [5.74, 6) is 0.281. The zero-order valence-corrected chi connectivity index (χ0v) is 9.66. The minimum absolute atomic E-state index is 0.299. The van der Waals surface area contributed by atoms with Gasteiger partial charge in [0.25, 0.3) is 0 Å². The summed E-state index contributed by atoms with van der Waals surface area (Å²) in [5, 5.41) is 1.14. The molecular formula is C10H8INO2. The molecule has 0 saturated carbocycles. The molecule has 2 rings (SSSR count). The fourth-order valence-electron chi connectivity index (χ4n) is 1.32. The van der Waals surface area contributed by atoms with Gasteiger partial charge in [0.15, 0.2) is 0 Å². The van der Waals surface area contributed by atoms with Gasteiger partial charge in [0.1, 0.15) is 5.75 Å². The van der Waals surface area contributed by atoms with E-state index in [2.05, 4.69) is 27.6 Å². The predicted molar refractivity (Wildman–Crippen MR) is 62.3 cm³/mol. The summed E-state index contributed by atoms with van der Waals surface area (Å²) in [4.78, 5) is 13.8. The Bertz CT molecular complexity index is 490. The molecule has 0 aliphatic carbocycles. The van der Waals surface area contributed by atoms with E-state index in [1.165, 1.54) is 6.92 Å². The van der Waals surface area contributed by atoms with Gasteiger partial charge in [-0.1, -0.05) is 0 Å². The van der Waals surface area contributed by atoms with Crippen molar-refractivity contribution in [2.24, 2.45) is 0 Å². The van der Waals surface area contributed by atoms with E-state index >= 15 is 0 Å². The van der Waals surface area contributed by atoms with Crippen molar-refractivity contribution in [1.29, 1.82) is 0 Å². The van der Waals surface area contributed by atoms with Crippen LogP contribution >= 0.6 is 22.6 Å². The second-order valence-corrected chi connectivity index (χ2v) is 4.10. The zero-order valence-electron chi connectivity index (χ0n) is 7.50. The Hall–Kier alpha value is -1.04. The highest BCUT2D eigenvalue weighted by Gasteiger charge is 2.04. The molecule has 1 aromatic carbocycles. The zero-order chi connectivity index (χ0) is 10.1. The molecule has 2 aromatic rings. The first-order valence-corrected chi connectivity index (χ1v) is 5.20. The molecule has 3 nitrogen and oxygen atoms in total. The number of ether oxygens (including phenoxy) is 1. The summed E-state index contributed by atoms with van der Waals surface area (Å²) in [6, 6.07) is 5.66. The van der Waals surface area contributed by atoms with E-state index in [9.17, 15) is 4.79 Å². The van der Waals surface area contributed by atoms with E-state index in [0.717, 1.165) is 14.5 Å². The van der Waals surface area contributed by atoms with Crippen LogP contribution in [0.25, 0.3) is 10.9 Å². The third-order valence-corrected chi connectivity index (χ3v) is 2.75. The molecule has 0 aliphatic heterocycles. The molecule has 0 unspecified atom stereocenters. The Morgan fingerprint density at radius 1 is 1.50 bits per heavy atom. The lowest BCUT2D eigenvalue weighted by Crippen LogP contribution is -2.01. The van der Waals surface area contributed by atoms with Crippen molar-refractivity contribution >= 4 is 39.5 Å². The van der Waals surface area contributed by atoms with Gasteiger partial charge in [0, 0.05) is 28.1 Å². The molecule has 72 valence electrons. The maximum Gasteiger partial charge on any atom is 0.308 e. The Labute approximate surface area is 94.6 Å². The van der Waals surface area contributed by atoms with Gasteiger partial charge >= 0.3 is 5.97 Å². The SMILES string of the molecule is CC(=O)Oc1cc(I)c2cc[nH]c2c1. The molecule has 14 heavy (non-hydrogen) atoms. The topological polar surface area (TPSA) is 42.1 Å². The van der Waals surface area contributed by atoms with Crippen LogP contribution in [0.1, 0.15) is 6.92 Å². The molecule has 1 N–H and O–H groups in total. The molecule has 0 fully saturated rings. The summed E-state index contributed by atoms with van der Waals surface area (Å²) in [5.41, 5.74) is 0.980. The Morgan fingerprint density at radius 2 is 2.29 bits per heavy atom. The normalized spacial score (nSPS) is 10.4. The Morgan fingerprint density at radius 3 is 3.00 bits per heavy atom. The smallest absolute Gasteiger partial charge is 0.308 e. The fourth-order valence-corrected chi connectivity index (χ4v) is 2.10. The standard InChI is InChI=1S/C10H8INO2/c1-6(13)14-7-4-9(11)8-2-3-12-10(8)5-7/h2-5,12H,1H3. The van der Waals surface area contributed by atoms with Gasteiger partial charge in [-0.25, -0.2) is 0 Å². The number of aromatic nitrogens is 1. The number of hydrogen-bond donors (Lipinski definition) is 1. The average Bonchev–Trinajstić information content (AvgIpc) is 2.50. The van der Waals surface area contributed by atoms with Crippen molar-refractivity contribution in [3.05, 3.63) is 28.0 Å². The van der Waals surface area contributed by atoms with E-state index in [1.54, 1.807) is 0 Å². The van der Waals surface area contributed by atoms with Crippen LogP contribution in [0, 0.1) is 3.57 Å². The molecular weight excluding hydrogens is 293 g/mol. The van der Waals surface area contributed by atoms with E-state index in [1.807, 2.05) is 24.4 Å². The van der Waals surface area contributed by atoms with Gasteiger partial charge in [0.05, 0.1) is 5.52 Å². The van der Waals surface area contributed by atoms with Gasteiger partial charge in [-0.05, 0) is 34.7 Å².